The molecule has 0 fully saturated rings. The standard InChI is InChI=1S/C19H17ClN4O2/c1-26-13-8-6-12(7-9-13)16-10-17(24(23-16)18(25)11-20)19-21-14-4-2-3-5-15(14)22-19/h2-9,17H,10-11H2,1H3,(H,21,22). The molecule has 0 aliphatic carbocycles. The number of alkyl halides is 1. The molecule has 3 aromatic rings. The lowest BCUT2D eigenvalue weighted by molar-refractivity contribution is -0.130. The van der Waals surface area contributed by atoms with Crippen molar-refractivity contribution in [2.24, 2.45) is 5.10 Å². The van der Waals surface area contributed by atoms with Crippen LogP contribution in [0.5, 0.6) is 5.75 Å². The summed E-state index contributed by atoms with van der Waals surface area (Å²) in [5.74, 6) is 1.10. The molecule has 0 bridgehead atoms. The number of hydrogen-bond donors (Lipinski definition) is 1. The van der Waals surface area contributed by atoms with Gasteiger partial charge < -0.3 is 9.72 Å². The first-order chi connectivity index (χ1) is 12.7. The van der Waals surface area contributed by atoms with Crippen LogP contribution in [0.4, 0.5) is 0 Å². The summed E-state index contributed by atoms with van der Waals surface area (Å²) in [7, 11) is 1.63. The SMILES string of the molecule is COc1ccc(C2=NN(C(=O)CCl)C(c3nc4ccccc4[nH]3)C2)cc1. The molecule has 1 aromatic heterocycles. The zero-order valence-electron chi connectivity index (χ0n) is 14.1. The van der Waals surface area contributed by atoms with Crippen LogP contribution in [0.1, 0.15) is 23.9 Å². The fraction of sp³-hybridized carbons (Fsp3) is 0.211. The Balaban J connectivity index is 1.69. The number of hydrogen-bond acceptors (Lipinski definition) is 4. The van der Waals surface area contributed by atoms with Gasteiger partial charge in [0.05, 0.1) is 23.9 Å². The van der Waals surface area contributed by atoms with Crippen LogP contribution in [0.15, 0.2) is 53.6 Å². The summed E-state index contributed by atoms with van der Waals surface area (Å²) >= 11 is 5.79. The monoisotopic (exact) mass is 368 g/mol. The second kappa shape index (κ2) is 6.80. The smallest absolute Gasteiger partial charge is 0.258 e. The number of methoxy groups -OCH3 is 1. The Labute approximate surface area is 155 Å². The van der Waals surface area contributed by atoms with Gasteiger partial charge in [-0.15, -0.1) is 11.6 Å². The van der Waals surface area contributed by atoms with Crippen molar-refractivity contribution in [3.8, 4) is 5.75 Å². The molecule has 1 N–H and O–H groups in total. The fourth-order valence-electron chi connectivity index (χ4n) is 3.10. The van der Waals surface area contributed by atoms with Crippen LogP contribution in [0.25, 0.3) is 11.0 Å². The van der Waals surface area contributed by atoms with E-state index in [-0.39, 0.29) is 17.8 Å². The highest BCUT2D eigenvalue weighted by Crippen LogP contribution is 2.32. The van der Waals surface area contributed by atoms with Gasteiger partial charge in [0.15, 0.2) is 0 Å². The molecule has 0 saturated heterocycles. The molecule has 132 valence electrons. The van der Waals surface area contributed by atoms with Crippen molar-refractivity contribution in [1.82, 2.24) is 15.0 Å². The average Bonchev–Trinajstić information content (AvgIpc) is 3.31. The van der Waals surface area contributed by atoms with Crippen LogP contribution in [0.3, 0.4) is 0 Å². The Bertz CT molecular complexity index is 948. The van der Waals surface area contributed by atoms with E-state index in [1.165, 1.54) is 5.01 Å². The highest BCUT2D eigenvalue weighted by molar-refractivity contribution is 6.27. The van der Waals surface area contributed by atoms with Crippen LogP contribution < -0.4 is 4.74 Å². The highest BCUT2D eigenvalue weighted by Gasteiger charge is 2.34. The first-order valence-electron chi connectivity index (χ1n) is 8.24. The zero-order valence-corrected chi connectivity index (χ0v) is 14.9. The molecule has 6 nitrogen and oxygen atoms in total. The number of halogens is 1. The van der Waals surface area contributed by atoms with Crippen LogP contribution in [-0.4, -0.2) is 39.6 Å². The predicted molar refractivity (Wildman–Crippen MR) is 101 cm³/mol. The molecule has 0 radical (unpaired) electrons. The summed E-state index contributed by atoms with van der Waals surface area (Å²) in [5, 5.41) is 5.96. The van der Waals surface area contributed by atoms with Crippen molar-refractivity contribution in [2.75, 3.05) is 13.0 Å². The average molecular weight is 369 g/mol. The lowest BCUT2D eigenvalue weighted by Crippen LogP contribution is -2.28. The third kappa shape index (κ3) is 2.93. The number of nitrogens with zero attached hydrogens (tertiary/aromatic N) is 3. The highest BCUT2D eigenvalue weighted by atomic mass is 35.5. The number of para-hydroxylation sites is 2. The molecule has 1 amide bonds. The number of imidazole rings is 1. The Morgan fingerprint density at radius 3 is 2.73 bits per heavy atom. The zero-order chi connectivity index (χ0) is 18.1. The number of benzene rings is 2. The molecule has 4 rings (SSSR count). The van der Waals surface area contributed by atoms with Crippen LogP contribution in [0, 0.1) is 0 Å². The van der Waals surface area contributed by atoms with Gasteiger partial charge in [0.2, 0.25) is 0 Å². The van der Waals surface area contributed by atoms with E-state index in [9.17, 15) is 4.79 Å². The Morgan fingerprint density at radius 1 is 1.27 bits per heavy atom. The normalized spacial score (nSPS) is 16.8. The van der Waals surface area contributed by atoms with Crippen LogP contribution in [-0.2, 0) is 4.79 Å². The summed E-state index contributed by atoms with van der Waals surface area (Å²) in [5.41, 5.74) is 3.55. The van der Waals surface area contributed by atoms with Gasteiger partial charge >= 0.3 is 0 Å². The second-order valence-electron chi connectivity index (χ2n) is 6.01. The molecular weight excluding hydrogens is 352 g/mol. The van der Waals surface area contributed by atoms with E-state index in [4.69, 9.17) is 16.3 Å². The topological polar surface area (TPSA) is 70.6 Å². The summed E-state index contributed by atoms with van der Waals surface area (Å²) in [6.45, 7) is 0. The Morgan fingerprint density at radius 2 is 2.04 bits per heavy atom. The quantitative estimate of drug-likeness (QED) is 0.716. The maximum Gasteiger partial charge on any atom is 0.258 e. The number of carbonyl (C=O) groups is 1. The number of aromatic nitrogens is 2. The molecule has 1 atom stereocenters. The summed E-state index contributed by atoms with van der Waals surface area (Å²) in [6.07, 6.45) is 0.564. The predicted octanol–water partition coefficient (Wildman–Crippen LogP) is 3.49. The van der Waals surface area contributed by atoms with Gasteiger partial charge in [-0.3, -0.25) is 4.79 Å². The number of aromatic amines is 1. The van der Waals surface area contributed by atoms with E-state index >= 15 is 0 Å². The maximum atomic E-state index is 12.3. The van der Waals surface area contributed by atoms with Crippen molar-refractivity contribution in [1.29, 1.82) is 0 Å². The van der Waals surface area contributed by atoms with Gasteiger partial charge in [0.1, 0.15) is 23.5 Å². The Kier molecular flexibility index (Phi) is 4.34. The van der Waals surface area contributed by atoms with E-state index < -0.39 is 0 Å². The van der Waals surface area contributed by atoms with E-state index in [1.807, 2.05) is 48.5 Å². The second-order valence-corrected chi connectivity index (χ2v) is 6.27. The number of rotatable bonds is 4. The van der Waals surface area contributed by atoms with Crippen molar-refractivity contribution < 1.29 is 9.53 Å². The fourth-order valence-corrected chi connectivity index (χ4v) is 3.23. The van der Waals surface area contributed by atoms with Crippen molar-refractivity contribution in [3.05, 3.63) is 59.9 Å². The van der Waals surface area contributed by atoms with E-state index in [1.54, 1.807) is 7.11 Å². The molecule has 1 unspecified atom stereocenters. The minimum Gasteiger partial charge on any atom is -0.497 e. The van der Waals surface area contributed by atoms with E-state index in [0.29, 0.717) is 12.2 Å². The molecule has 2 heterocycles. The molecule has 1 aliphatic rings. The van der Waals surface area contributed by atoms with Gasteiger partial charge in [-0.2, -0.15) is 5.10 Å². The maximum absolute atomic E-state index is 12.3. The van der Waals surface area contributed by atoms with Gasteiger partial charge in [-0.1, -0.05) is 12.1 Å². The van der Waals surface area contributed by atoms with Gasteiger partial charge in [0.25, 0.3) is 5.91 Å². The molecule has 0 spiro atoms. The summed E-state index contributed by atoms with van der Waals surface area (Å²) < 4.78 is 5.20. The van der Waals surface area contributed by atoms with Crippen LogP contribution in [0.2, 0.25) is 0 Å². The molecule has 26 heavy (non-hydrogen) atoms. The van der Waals surface area contributed by atoms with Gasteiger partial charge in [-0.25, -0.2) is 9.99 Å². The number of H-pyrrole nitrogens is 1. The number of ether oxygens (including phenoxy) is 1. The lowest BCUT2D eigenvalue weighted by atomic mass is 10.0. The van der Waals surface area contributed by atoms with Crippen molar-refractivity contribution in [3.63, 3.8) is 0 Å². The van der Waals surface area contributed by atoms with Crippen LogP contribution >= 0.6 is 11.6 Å². The number of nitrogens with one attached hydrogen (secondary N) is 1. The first-order valence-corrected chi connectivity index (χ1v) is 8.77. The van der Waals surface area contributed by atoms with Gasteiger partial charge in [-0.05, 0) is 42.0 Å². The largest absolute Gasteiger partial charge is 0.497 e. The van der Waals surface area contributed by atoms with Crippen molar-refractivity contribution >= 4 is 34.3 Å². The molecule has 1 aliphatic heterocycles. The number of fused-ring (bicyclic) bond motifs is 1. The number of amides is 1. The minimum absolute atomic E-state index is 0.129. The third-order valence-corrected chi connectivity index (χ3v) is 4.66. The lowest BCUT2D eigenvalue weighted by Gasteiger charge is -2.18. The van der Waals surface area contributed by atoms with E-state index in [2.05, 4.69) is 15.1 Å². The summed E-state index contributed by atoms with van der Waals surface area (Å²) in [6, 6.07) is 15.1. The third-order valence-electron chi connectivity index (χ3n) is 4.43. The first kappa shape index (κ1) is 16.6. The van der Waals surface area contributed by atoms with Crippen molar-refractivity contribution in [2.45, 2.75) is 12.5 Å². The summed E-state index contributed by atoms with van der Waals surface area (Å²) in [4.78, 5) is 20.2. The minimum atomic E-state index is -0.300. The molecule has 7 heteroatoms. The molecule has 2 aromatic carbocycles. The number of carbonyl (C=O) groups excluding carboxylic acids is 1. The molecular formula is C19H17ClN4O2. The van der Waals surface area contributed by atoms with E-state index in [0.717, 1.165) is 28.1 Å². The van der Waals surface area contributed by atoms with Gasteiger partial charge in [0, 0.05) is 6.42 Å². The Hall–Kier alpha value is -2.86. The number of hydrazone groups is 1. The molecule has 0 saturated carbocycles.